The van der Waals surface area contributed by atoms with Gasteiger partial charge in [0.05, 0.1) is 11.0 Å². The van der Waals surface area contributed by atoms with E-state index in [-0.39, 0.29) is 11.7 Å². The van der Waals surface area contributed by atoms with Crippen molar-refractivity contribution < 1.29 is 9.66 Å². The minimum atomic E-state index is -0.416. The summed E-state index contributed by atoms with van der Waals surface area (Å²) in [5.41, 5.74) is 1.90. The fraction of sp³-hybridized carbons (Fsp3) is 0.188. The molecule has 0 N–H and O–H groups in total. The van der Waals surface area contributed by atoms with Crippen molar-refractivity contribution >= 4 is 11.6 Å². The highest BCUT2D eigenvalue weighted by molar-refractivity contribution is 5.95. The van der Waals surface area contributed by atoms with Crippen molar-refractivity contribution in [2.45, 2.75) is 12.5 Å². The molecular formula is C16H14N2O3. The molecular weight excluding hydrogens is 268 g/mol. The van der Waals surface area contributed by atoms with Crippen LogP contribution in [-0.2, 0) is 11.2 Å². The predicted octanol–water partition coefficient (Wildman–Crippen LogP) is 2.98. The zero-order valence-corrected chi connectivity index (χ0v) is 11.3. The number of aliphatic imine (C=N–C) groups is 1. The molecule has 2 aromatic rings. The van der Waals surface area contributed by atoms with Crippen LogP contribution in [0.3, 0.4) is 0 Å². The van der Waals surface area contributed by atoms with Gasteiger partial charge in [-0.3, -0.25) is 10.1 Å². The van der Waals surface area contributed by atoms with Crippen molar-refractivity contribution in [2.75, 3.05) is 6.61 Å². The van der Waals surface area contributed by atoms with Crippen molar-refractivity contribution in [1.82, 2.24) is 0 Å². The molecule has 1 aliphatic heterocycles. The van der Waals surface area contributed by atoms with Gasteiger partial charge in [-0.15, -0.1) is 0 Å². The number of non-ortho nitro benzene ring substituents is 1. The Morgan fingerprint density at radius 3 is 2.76 bits per heavy atom. The molecule has 0 saturated carbocycles. The molecule has 21 heavy (non-hydrogen) atoms. The van der Waals surface area contributed by atoms with Crippen LogP contribution >= 0.6 is 0 Å². The van der Waals surface area contributed by atoms with Gasteiger partial charge >= 0.3 is 0 Å². The lowest BCUT2D eigenvalue weighted by Gasteiger charge is -2.04. The van der Waals surface area contributed by atoms with Gasteiger partial charge in [0.2, 0.25) is 5.90 Å². The molecule has 0 bridgehead atoms. The fourth-order valence-electron chi connectivity index (χ4n) is 2.32. The number of nitro benzene ring substituents is 1. The van der Waals surface area contributed by atoms with E-state index in [0.29, 0.717) is 18.1 Å². The van der Waals surface area contributed by atoms with Crippen LogP contribution in [0.1, 0.15) is 11.1 Å². The minimum Gasteiger partial charge on any atom is -0.475 e. The van der Waals surface area contributed by atoms with Crippen LogP contribution in [0.25, 0.3) is 0 Å². The van der Waals surface area contributed by atoms with Gasteiger partial charge in [-0.25, -0.2) is 4.99 Å². The van der Waals surface area contributed by atoms with Crippen molar-refractivity contribution in [3.63, 3.8) is 0 Å². The molecule has 0 unspecified atom stereocenters. The number of benzene rings is 2. The lowest BCUT2D eigenvalue weighted by Crippen LogP contribution is -2.09. The number of hydrogen-bond donors (Lipinski definition) is 0. The Balaban J connectivity index is 1.77. The minimum absolute atomic E-state index is 0.0466. The van der Waals surface area contributed by atoms with Crippen LogP contribution in [-0.4, -0.2) is 23.5 Å². The Hall–Kier alpha value is -2.69. The summed E-state index contributed by atoms with van der Waals surface area (Å²) in [5, 5.41) is 10.8. The van der Waals surface area contributed by atoms with E-state index in [1.54, 1.807) is 12.1 Å². The van der Waals surface area contributed by atoms with Gasteiger partial charge in [0, 0.05) is 17.7 Å². The van der Waals surface area contributed by atoms with Crippen LogP contribution in [0.15, 0.2) is 59.6 Å². The van der Waals surface area contributed by atoms with E-state index < -0.39 is 4.92 Å². The van der Waals surface area contributed by atoms with Gasteiger partial charge in [0.15, 0.2) is 0 Å². The number of hydrogen-bond acceptors (Lipinski definition) is 4. The molecule has 0 fully saturated rings. The Kier molecular flexibility index (Phi) is 3.64. The Morgan fingerprint density at radius 2 is 2.00 bits per heavy atom. The maximum Gasteiger partial charge on any atom is 0.270 e. The molecule has 1 atom stereocenters. The molecule has 0 aromatic heterocycles. The molecule has 0 spiro atoms. The molecule has 0 aliphatic carbocycles. The Bertz CT molecular complexity index is 683. The normalized spacial score (nSPS) is 17.1. The van der Waals surface area contributed by atoms with Crippen LogP contribution in [0.5, 0.6) is 0 Å². The summed E-state index contributed by atoms with van der Waals surface area (Å²) < 4.78 is 5.59. The highest BCUT2D eigenvalue weighted by Crippen LogP contribution is 2.19. The van der Waals surface area contributed by atoms with Crippen molar-refractivity contribution in [3.05, 3.63) is 75.8 Å². The van der Waals surface area contributed by atoms with Gasteiger partial charge in [-0.05, 0) is 18.1 Å². The second-order valence-electron chi connectivity index (χ2n) is 4.90. The molecule has 0 amide bonds. The monoisotopic (exact) mass is 282 g/mol. The van der Waals surface area contributed by atoms with Crippen LogP contribution in [0.2, 0.25) is 0 Å². The van der Waals surface area contributed by atoms with E-state index in [4.69, 9.17) is 4.74 Å². The highest BCUT2D eigenvalue weighted by Gasteiger charge is 2.21. The zero-order chi connectivity index (χ0) is 14.7. The molecule has 2 aromatic carbocycles. The van der Waals surface area contributed by atoms with Crippen LogP contribution < -0.4 is 0 Å². The molecule has 3 rings (SSSR count). The summed E-state index contributed by atoms with van der Waals surface area (Å²) >= 11 is 0. The molecule has 0 saturated heterocycles. The number of nitro groups is 1. The summed E-state index contributed by atoms with van der Waals surface area (Å²) in [4.78, 5) is 14.9. The van der Waals surface area contributed by atoms with E-state index in [9.17, 15) is 10.1 Å². The van der Waals surface area contributed by atoms with Gasteiger partial charge in [-0.2, -0.15) is 0 Å². The van der Waals surface area contributed by atoms with Crippen LogP contribution in [0, 0.1) is 10.1 Å². The van der Waals surface area contributed by atoms with Crippen molar-refractivity contribution in [1.29, 1.82) is 0 Å². The summed E-state index contributed by atoms with van der Waals surface area (Å²) in [6, 6.07) is 16.5. The standard InChI is InChI=1S/C16H14N2O3/c19-18(20)15-8-4-7-13(10-15)16-17-14(11-21-16)9-12-5-2-1-3-6-12/h1-8,10,14H,9,11H2/t14-/m0/s1. The third kappa shape index (κ3) is 3.08. The number of nitrogens with zero attached hydrogens (tertiary/aromatic N) is 2. The average molecular weight is 282 g/mol. The van der Waals surface area contributed by atoms with Crippen molar-refractivity contribution in [2.24, 2.45) is 4.99 Å². The third-order valence-electron chi connectivity index (χ3n) is 3.33. The molecule has 5 nitrogen and oxygen atoms in total. The average Bonchev–Trinajstić information content (AvgIpc) is 2.97. The molecule has 1 aliphatic rings. The number of rotatable bonds is 4. The second kappa shape index (κ2) is 5.75. The van der Waals surface area contributed by atoms with E-state index in [0.717, 1.165) is 6.42 Å². The maximum absolute atomic E-state index is 10.8. The van der Waals surface area contributed by atoms with E-state index in [1.165, 1.54) is 17.7 Å². The molecule has 0 radical (unpaired) electrons. The first-order valence-electron chi connectivity index (χ1n) is 6.72. The molecule has 5 heteroatoms. The first-order chi connectivity index (χ1) is 10.2. The SMILES string of the molecule is O=[N+]([O-])c1cccc(C2=N[C@@H](Cc3ccccc3)CO2)c1. The van der Waals surface area contributed by atoms with Crippen LogP contribution in [0.4, 0.5) is 5.69 Å². The topological polar surface area (TPSA) is 64.7 Å². The first kappa shape index (κ1) is 13.3. The maximum atomic E-state index is 10.8. The number of ether oxygens (including phenoxy) is 1. The zero-order valence-electron chi connectivity index (χ0n) is 11.3. The molecule has 106 valence electrons. The quantitative estimate of drug-likeness (QED) is 0.639. The molecule has 1 heterocycles. The largest absolute Gasteiger partial charge is 0.475 e. The summed E-state index contributed by atoms with van der Waals surface area (Å²) in [5.74, 6) is 0.486. The Labute approximate surface area is 122 Å². The van der Waals surface area contributed by atoms with Gasteiger partial charge < -0.3 is 4.74 Å². The Morgan fingerprint density at radius 1 is 1.19 bits per heavy atom. The summed E-state index contributed by atoms with van der Waals surface area (Å²) in [6.07, 6.45) is 0.805. The van der Waals surface area contributed by atoms with E-state index in [1.807, 2.05) is 18.2 Å². The lowest BCUT2D eigenvalue weighted by molar-refractivity contribution is -0.384. The van der Waals surface area contributed by atoms with E-state index >= 15 is 0 Å². The van der Waals surface area contributed by atoms with E-state index in [2.05, 4.69) is 17.1 Å². The van der Waals surface area contributed by atoms with Crippen molar-refractivity contribution in [3.8, 4) is 0 Å². The summed E-state index contributed by atoms with van der Waals surface area (Å²) in [7, 11) is 0. The summed E-state index contributed by atoms with van der Waals surface area (Å²) in [6.45, 7) is 0.507. The third-order valence-corrected chi connectivity index (χ3v) is 3.33. The van der Waals surface area contributed by atoms with Gasteiger partial charge in [0.1, 0.15) is 6.61 Å². The first-order valence-corrected chi connectivity index (χ1v) is 6.72. The second-order valence-corrected chi connectivity index (χ2v) is 4.90. The predicted molar refractivity (Wildman–Crippen MR) is 79.5 cm³/mol. The fourth-order valence-corrected chi connectivity index (χ4v) is 2.32. The van der Waals surface area contributed by atoms with Gasteiger partial charge in [0.25, 0.3) is 5.69 Å². The smallest absolute Gasteiger partial charge is 0.270 e. The lowest BCUT2D eigenvalue weighted by atomic mass is 10.1. The van der Waals surface area contributed by atoms with Gasteiger partial charge in [-0.1, -0.05) is 36.4 Å². The highest BCUT2D eigenvalue weighted by atomic mass is 16.6.